The number of nitrogens with zero attached hydrogens (tertiary/aromatic N) is 3. The second-order valence-electron chi connectivity index (χ2n) is 2.44. The van der Waals surface area contributed by atoms with Crippen molar-refractivity contribution in [3.63, 3.8) is 0 Å². The number of rotatable bonds is 1. The van der Waals surface area contributed by atoms with Crippen LogP contribution in [0.25, 0.3) is 11.5 Å². The maximum absolute atomic E-state index is 8.56. The normalized spacial score (nSPS) is 9.46. The fraction of sp³-hybridized carbons (Fsp3) is 0. The molecular weight excluding hydrogens is 166 g/mol. The van der Waals surface area contributed by atoms with Crippen molar-refractivity contribution in [1.82, 2.24) is 10.1 Å². The van der Waals surface area contributed by atoms with Gasteiger partial charge in [-0.3, -0.25) is 0 Å². The molecule has 0 bridgehead atoms. The van der Waals surface area contributed by atoms with Crippen LogP contribution in [0, 0.1) is 11.3 Å². The number of nitriles is 1. The van der Waals surface area contributed by atoms with E-state index in [1.807, 2.05) is 6.07 Å². The number of hydrogen-bond acceptors (Lipinski definition) is 4. The van der Waals surface area contributed by atoms with Gasteiger partial charge in [0.15, 0.2) is 6.33 Å². The van der Waals surface area contributed by atoms with E-state index in [0.29, 0.717) is 11.5 Å². The molecule has 13 heavy (non-hydrogen) atoms. The largest absolute Gasteiger partial charge is 0.334 e. The van der Waals surface area contributed by atoms with Crippen molar-refractivity contribution in [2.24, 2.45) is 0 Å². The highest BCUT2D eigenvalue weighted by Crippen LogP contribution is 2.15. The van der Waals surface area contributed by atoms with Crippen molar-refractivity contribution in [3.05, 3.63) is 36.2 Å². The Morgan fingerprint density at radius 3 is 2.54 bits per heavy atom. The zero-order valence-electron chi connectivity index (χ0n) is 6.64. The van der Waals surface area contributed by atoms with Crippen LogP contribution in [-0.2, 0) is 0 Å². The average Bonchev–Trinajstić information content (AvgIpc) is 2.71. The van der Waals surface area contributed by atoms with Crippen molar-refractivity contribution in [2.75, 3.05) is 0 Å². The summed E-state index contributed by atoms with van der Waals surface area (Å²) < 4.78 is 4.85. The number of hydrogen-bond donors (Lipinski definition) is 0. The third kappa shape index (κ3) is 1.40. The topological polar surface area (TPSA) is 62.7 Å². The minimum absolute atomic E-state index is 0.462. The Morgan fingerprint density at radius 1 is 1.23 bits per heavy atom. The lowest BCUT2D eigenvalue weighted by Gasteiger charge is -1.92. The molecule has 0 N–H and O–H groups in total. The summed E-state index contributed by atoms with van der Waals surface area (Å²) in [7, 11) is 0. The van der Waals surface area contributed by atoms with Crippen molar-refractivity contribution in [2.45, 2.75) is 0 Å². The van der Waals surface area contributed by atoms with E-state index in [2.05, 4.69) is 10.1 Å². The van der Waals surface area contributed by atoms with E-state index in [1.165, 1.54) is 6.33 Å². The van der Waals surface area contributed by atoms with Gasteiger partial charge in [0.2, 0.25) is 0 Å². The monoisotopic (exact) mass is 171 g/mol. The summed E-state index contributed by atoms with van der Waals surface area (Å²) in [5, 5.41) is 12.0. The van der Waals surface area contributed by atoms with Crippen molar-refractivity contribution in [3.8, 4) is 17.5 Å². The van der Waals surface area contributed by atoms with E-state index in [1.54, 1.807) is 24.3 Å². The van der Waals surface area contributed by atoms with Crippen LogP contribution in [0.1, 0.15) is 5.56 Å². The molecule has 2 aromatic rings. The first-order valence-electron chi connectivity index (χ1n) is 3.67. The number of aromatic nitrogens is 2. The fourth-order valence-corrected chi connectivity index (χ4v) is 0.988. The standard InChI is InChI=1S/C9H5N3O/c10-5-7-1-3-8(4-2-7)9-11-6-12-13-9/h1-4,6H. The molecule has 1 heterocycles. The van der Waals surface area contributed by atoms with Crippen LogP contribution in [0.4, 0.5) is 0 Å². The molecule has 0 amide bonds. The second-order valence-corrected chi connectivity index (χ2v) is 2.44. The van der Waals surface area contributed by atoms with Gasteiger partial charge in [-0.25, -0.2) is 0 Å². The molecule has 2 rings (SSSR count). The Kier molecular flexibility index (Phi) is 1.77. The molecule has 0 aliphatic carbocycles. The third-order valence-electron chi connectivity index (χ3n) is 1.62. The minimum Gasteiger partial charge on any atom is -0.334 e. The van der Waals surface area contributed by atoms with Gasteiger partial charge in [-0.05, 0) is 24.3 Å². The van der Waals surface area contributed by atoms with E-state index >= 15 is 0 Å². The van der Waals surface area contributed by atoms with Crippen molar-refractivity contribution < 1.29 is 4.52 Å². The van der Waals surface area contributed by atoms with Gasteiger partial charge >= 0.3 is 0 Å². The van der Waals surface area contributed by atoms with Gasteiger partial charge in [0.1, 0.15) is 0 Å². The van der Waals surface area contributed by atoms with Gasteiger partial charge in [0.25, 0.3) is 5.89 Å². The molecule has 4 nitrogen and oxygen atoms in total. The molecule has 0 aliphatic rings. The summed E-state index contributed by atoms with van der Waals surface area (Å²) in [4.78, 5) is 3.88. The maximum Gasteiger partial charge on any atom is 0.257 e. The smallest absolute Gasteiger partial charge is 0.257 e. The summed E-state index contributed by atoms with van der Waals surface area (Å²) in [5.41, 5.74) is 1.43. The van der Waals surface area contributed by atoms with E-state index in [4.69, 9.17) is 9.78 Å². The predicted molar refractivity (Wildman–Crippen MR) is 44.4 cm³/mol. The van der Waals surface area contributed by atoms with Crippen molar-refractivity contribution in [1.29, 1.82) is 5.26 Å². The van der Waals surface area contributed by atoms with Gasteiger partial charge in [-0.15, -0.1) is 0 Å². The molecule has 0 saturated heterocycles. The van der Waals surface area contributed by atoms with Gasteiger partial charge in [-0.2, -0.15) is 10.2 Å². The van der Waals surface area contributed by atoms with Crippen LogP contribution < -0.4 is 0 Å². The summed E-state index contributed by atoms with van der Waals surface area (Å²) in [5.74, 6) is 0.462. The first kappa shape index (κ1) is 7.50. The van der Waals surface area contributed by atoms with Crippen LogP contribution in [0.15, 0.2) is 35.1 Å². The molecular formula is C9H5N3O. The molecule has 62 valence electrons. The molecule has 0 atom stereocenters. The zero-order valence-corrected chi connectivity index (χ0v) is 6.64. The van der Waals surface area contributed by atoms with E-state index in [0.717, 1.165) is 5.56 Å². The molecule has 0 fully saturated rings. The highest BCUT2D eigenvalue weighted by molar-refractivity contribution is 5.54. The lowest BCUT2D eigenvalue weighted by Crippen LogP contribution is -1.77. The van der Waals surface area contributed by atoms with Crippen LogP contribution >= 0.6 is 0 Å². The van der Waals surface area contributed by atoms with Crippen LogP contribution in [-0.4, -0.2) is 10.1 Å². The Balaban J connectivity index is 2.40. The SMILES string of the molecule is N#Cc1ccc(-c2ncno2)cc1. The summed E-state index contributed by atoms with van der Waals surface area (Å²) in [6.07, 6.45) is 1.34. The molecule has 0 spiro atoms. The number of benzene rings is 1. The fourth-order valence-electron chi connectivity index (χ4n) is 0.988. The van der Waals surface area contributed by atoms with Gasteiger partial charge in [-0.1, -0.05) is 5.16 Å². The van der Waals surface area contributed by atoms with Crippen LogP contribution in [0.3, 0.4) is 0 Å². The molecule has 0 unspecified atom stereocenters. The minimum atomic E-state index is 0.462. The summed E-state index contributed by atoms with van der Waals surface area (Å²) in [6, 6.07) is 8.99. The lowest BCUT2D eigenvalue weighted by atomic mass is 10.1. The second kappa shape index (κ2) is 3.07. The highest BCUT2D eigenvalue weighted by Gasteiger charge is 2.01. The van der Waals surface area contributed by atoms with E-state index in [-0.39, 0.29) is 0 Å². The first-order valence-corrected chi connectivity index (χ1v) is 3.67. The average molecular weight is 171 g/mol. The summed E-state index contributed by atoms with van der Waals surface area (Å²) >= 11 is 0. The van der Waals surface area contributed by atoms with Gasteiger partial charge in [0.05, 0.1) is 11.6 Å². The quantitative estimate of drug-likeness (QED) is 0.653. The lowest BCUT2D eigenvalue weighted by molar-refractivity contribution is 0.430. The Hall–Kier alpha value is -2.15. The molecule has 0 saturated carbocycles. The van der Waals surface area contributed by atoms with Crippen molar-refractivity contribution >= 4 is 0 Å². The zero-order chi connectivity index (χ0) is 9.10. The van der Waals surface area contributed by atoms with Gasteiger partial charge < -0.3 is 4.52 Å². The molecule has 1 aromatic carbocycles. The third-order valence-corrected chi connectivity index (χ3v) is 1.62. The Labute approximate surface area is 74.4 Å². The molecule has 1 aromatic heterocycles. The highest BCUT2D eigenvalue weighted by atomic mass is 16.5. The van der Waals surface area contributed by atoms with Crippen LogP contribution in [0.2, 0.25) is 0 Å². The molecule has 4 heteroatoms. The summed E-state index contributed by atoms with van der Waals surface area (Å²) in [6.45, 7) is 0. The Morgan fingerprint density at radius 2 is 2.00 bits per heavy atom. The molecule has 0 radical (unpaired) electrons. The van der Waals surface area contributed by atoms with E-state index in [9.17, 15) is 0 Å². The predicted octanol–water partition coefficient (Wildman–Crippen LogP) is 1.61. The van der Waals surface area contributed by atoms with Crippen LogP contribution in [0.5, 0.6) is 0 Å². The first-order chi connectivity index (χ1) is 6.40. The Bertz CT molecular complexity index is 425. The molecule has 0 aliphatic heterocycles. The van der Waals surface area contributed by atoms with E-state index < -0.39 is 0 Å². The van der Waals surface area contributed by atoms with Gasteiger partial charge in [0, 0.05) is 5.56 Å². The maximum atomic E-state index is 8.56.